The fourth-order valence-electron chi connectivity index (χ4n) is 3.24. The van der Waals surface area contributed by atoms with Crippen molar-refractivity contribution in [3.63, 3.8) is 0 Å². The Balaban J connectivity index is 1.95. The number of carbonyl (C=O) groups is 3. The molecule has 0 heterocycles. The molecule has 0 amide bonds. The summed E-state index contributed by atoms with van der Waals surface area (Å²) < 4.78 is 21.7. The van der Waals surface area contributed by atoms with E-state index in [1.165, 1.54) is 6.92 Å². The number of rotatable bonds is 9. The van der Waals surface area contributed by atoms with E-state index < -0.39 is 17.9 Å². The summed E-state index contributed by atoms with van der Waals surface area (Å²) in [5.41, 5.74) is 3.71. The van der Waals surface area contributed by atoms with Crippen LogP contribution in [-0.4, -0.2) is 25.0 Å². The Morgan fingerprint density at radius 2 is 1.22 bits per heavy atom. The van der Waals surface area contributed by atoms with Crippen LogP contribution in [0.2, 0.25) is 0 Å². The van der Waals surface area contributed by atoms with Gasteiger partial charge in [-0.3, -0.25) is 4.79 Å². The fourth-order valence-corrected chi connectivity index (χ4v) is 3.24. The average Bonchev–Trinajstić information content (AvgIpc) is 2.89. The van der Waals surface area contributed by atoms with E-state index in [9.17, 15) is 14.4 Å². The Hall–Kier alpha value is -4.65. The minimum atomic E-state index is -0.628. The number of hydrogen-bond donors (Lipinski definition) is 0. The van der Waals surface area contributed by atoms with Gasteiger partial charge in [0.05, 0.1) is 7.11 Å². The molecular weight excluding hydrogens is 472 g/mol. The predicted octanol–water partition coefficient (Wildman–Crippen LogP) is 6.31. The second-order valence-electron chi connectivity index (χ2n) is 8.27. The summed E-state index contributed by atoms with van der Waals surface area (Å²) in [5.74, 6) is -0.308. The Morgan fingerprint density at radius 1 is 0.676 bits per heavy atom. The number of esters is 3. The molecule has 0 spiro atoms. The summed E-state index contributed by atoms with van der Waals surface area (Å²) in [4.78, 5) is 35.8. The number of ether oxygens (including phenoxy) is 4. The van der Waals surface area contributed by atoms with Crippen LogP contribution < -0.4 is 18.9 Å². The molecule has 190 valence electrons. The summed E-state index contributed by atoms with van der Waals surface area (Å²) in [6, 6.07) is 17.6. The summed E-state index contributed by atoms with van der Waals surface area (Å²) in [6.45, 7) is 12.0. The first kappa shape index (κ1) is 26.9. The number of benzene rings is 3. The van der Waals surface area contributed by atoms with Gasteiger partial charge in [0.15, 0.2) is 11.5 Å². The van der Waals surface area contributed by atoms with Gasteiger partial charge < -0.3 is 18.9 Å². The van der Waals surface area contributed by atoms with Crippen molar-refractivity contribution < 1.29 is 33.3 Å². The van der Waals surface area contributed by atoms with E-state index in [0.29, 0.717) is 22.6 Å². The predicted molar refractivity (Wildman–Crippen MR) is 141 cm³/mol. The van der Waals surface area contributed by atoms with Crippen LogP contribution in [0.1, 0.15) is 27.2 Å². The molecule has 0 bridgehead atoms. The maximum Gasteiger partial charge on any atom is 0.338 e. The normalized spacial score (nSPS) is 10.3. The Kier molecular flexibility index (Phi) is 8.64. The molecule has 0 aromatic heterocycles. The molecule has 0 fully saturated rings. The van der Waals surface area contributed by atoms with Gasteiger partial charge in [-0.1, -0.05) is 50.4 Å². The van der Waals surface area contributed by atoms with E-state index in [4.69, 9.17) is 18.9 Å². The molecule has 3 rings (SSSR count). The monoisotopic (exact) mass is 500 g/mol. The highest BCUT2D eigenvalue weighted by molar-refractivity contribution is 5.90. The number of carbonyl (C=O) groups excluding carboxylic acids is 3. The van der Waals surface area contributed by atoms with Crippen LogP contribution >= 0.6 is 0 Å². The van der Waals surface area contributed by atoms with Gasteiger partial charge in [-0.05, 0) is 60.9 Å². The lowest BCUT2D eigenvalue weighted by molar-refractivity contribution is -0.135. The third-order valence-electron chi connectivity index (χ3n) is 5.27. The van der Waals surface area contributed by atoms with E-state index in [0.717, 1.165) is 16.7 Å². The average molecular weight is 501 g/mol. The molecule has 3 aromatic carbocycles. The zero-order chi connectivity index (χ0) is 27.1. The van der Waals surface area contributed by atoms with Crippen LogP contribution in [-0.2, 0) is 14.4 Å². The minimum absolute atomic E-state index is 0.107. The van der Waals surface area contributed by atoms with Gasteiger partial charge in [0.25, 0.3) is 0 Å². The fraction of sp³-hybridized carbons (Fsp3) is 0.167. The smallest absolute Gasteiger partial charge is 0.338 e. The first-order valence-electron chi connectivity index (χ1n) is 11.5. The lowest BCUT2D eigenvalue weighted by Crippen LogP contribution is -2.11. The van der Waals surface area contributed by atoms with Crippen molar-refractivity contribution in [2.75, 3.05) is 7.11 Å². The molecule has 0 aliphatic rings. The van der Waals surface area contributed by atoms with Crippen LogP contribution in [0.4, 0.5) is 0 Å². The van der Waals surface area contributed by atoms with Crippen LogP contribution in [0, 0.1) is 0 Å². The summed E-state index contributed by atoms with van der Waals surface area (Å²) in [5, 5.41) is 0. The second kappa shape index (κ2) is 11.9. The van der Waals surface area contributed by atoms with E-state index in [1.807, 2.05) is 30.3 Å². The van der Waals surface area contributed by atoms with Gasteiger partial charge >= 0.3 is 17.9 Å². The largest absolute Gasteiger partial charge is 0.496 e. The van der Waals surface area contributed by atoms with Crippen molar-refractivity contribution in [3.8, 4) is 45.3 Å². The molecule has 0 atom stereocenters. The van der Waals surface area contributed by atoms with Crippen molar-refractivity contribution in [2.24, 2.45) is 0 Å². The molecule has 37 heavy (non-hydrogen) atoms. The van der Waals surface area contributed by atoms with E-state index in [1.54, 1.807) is 51.3 Å². The van der Waals surface area contributed by atoms with Crippen molar-refractivity contribution in [2.45, 2.75) is 27.2 Å². The van der Waals surface area contributed by atoms with Gasteiger partial charge in [-0.25, -0.2) is 9.59 Å². The molecule has 3 aromatic rings. The maximum absolute atomic E-state index is 12.2. The highest BCUT2D eigenvalue weighted by atomic mass is 16.6. The Labute approximate surface area is 215 Å². The third kappa shape index (κ3) is 6.73. The highest BCUT2D eigenvalue weighted by Crippen LogP contribution is 2.38. The van der Waals surface area contributed by atoms with Gasteiger partial charge in [0.1, 0.15) is 11.5 Å². The van der Waals surface area contributed by atoms with Crippen molar-refractivity contribution >= 4 is 17.9 Å². The summed E-state index contributed by atoms with van der Waals surface area (Å²) >= 11 is 0. The van der Waals surface area contributed by atoms with Crippen molar-refractivity contribution in [1.29, 1.82) is 0 Å². The second-order valence-corrected chi connectivity index (χ2v) is 8.27. The minimum Gasteiger partial charge on any atom is -0.496 e. The first-order valence-corrected chi connectivity index (χ1v) is 11.5. The maximum atomic E-state index is 12.2. The summed E-state index contributed by atoms with van der Waals surface area (Å²) in [7, 11) is 1.57. The molecule has 7 heteroatoms. The van der Waals surface area contributed by atoms with Crippen molar-refractivity contribution in [3.05, 3.63) is 85.0 Å². The highest BCUT2D eigenvalue weighted by Gasteiger charge is 2.16. The molecule has 7 nitrogen and oxygen atoms in total. The van der Waals surface area contributed by atoms with Crippen LogP contribution in [0.15, 0.2) is 85.0 Å². The van der Waals surface area contributed by atoms with Gasteiger partial charge in [-0.2, -0.15) is 0 Å². The van der Waals surface area contributed by atoms with Gasteiger partial charge in [0.2, 0.25) is 0 Å². The molecule has 0 N–H and O–H groups in total. The van der Waals surface area contributed by atoms with Gasteiger partial charge in [-0.15, -0.1) is 0 Å². The van der Waals surface area contributed by atoms with Crippen molar-refractivity contribution in [1.82, 2.24) is 0 Å². The zero-order valence-electron chi connectivity index (χ0n) is 21.3. The lowest BCUT2D eigenvalue weighted by atomic mass is 9.98. The quantitative estimate of drug-likeness (QED) is 0.193. The molecule has 0 radical (unpaired) electrons. The zero-order valence-corrected chi connectivity index (χ0v) is 21.3. The van der Waals surface area contributed by atoms with Gasteiger partial charge in [0, 0.05) is 23.1 Å². The molecule has 0 saturated heterocycles. The topological polar surface area (TPSA) is 88.1 Å². The third-order valence-corrected chi connectivity index (χ3v) is 5.27. The Morgan fingerprint density at radius 3 is 1.78 bits per heavy atom. The van der Waals surface area contributed by atoms with Crippen LogP contribution in [0.3, 0.4) is 0 Å². The Bertz CT molecular complexity index is 1370. The van der Waals surface area contributed by atoms with Crippen LogP contribution in [0.5, 0.6) is 23.0 Å². The lowest BCUT2D eigenvalue weighted by Gasteiger charge is -2.14. The van der Waals surface area contributed by atoms with E-state index in [-0.39, 0.29) is 23.5 Å². The molecular formula is C30H28O7. The number of hydrogen-bond acceptors (Lipinski definition) is 7. The standard InChI is InChI=1S/C30H28O7/c1-7-28(31)36-25-15-11-22(17-27(25)37-30(33)19(4)5)21-10-14-24(26(16-21)34-6)20-8-12-23(13-9-20)35-29(32)18(2)3/h8-17H,2,4,7H2,1,3,5-6H3. The molecule has 0 saturated carbocycles. The van der Waals surface area contributed by atoms with Crippen LogP contribution in [0.25, 0.3) is 22.3 Å². The SMILES string of the molecule is C=C(C)C(=O)Oc1ccc(-c2ccc(-c3ccc(OC(=O)CC)c(OC(=O)C(=C)C)c3)cc2OC)cc1. The first-order chi connectivity index (χ1) is 17.6. The van der Waals surface area contributed by atoms with E-state index >= 15 is 0 Å². The molecule has 0 aliphatic heterocycles. The molecule has 0 aliphatic carbocycles. The van der Waals surface area contributed by atoms with E-state index in [2.05, 4.69) is 13.2 Å². The number of methoxy groups -OCH3 is 1. The summed E-state index contributed by atoms with van der Waals surface area (Å²) in [6.07, 6.45) is 0.172. The molecule has 0 unspecified atom stereocenters.